The molecule has 0 aromatic heterocycles. The van der Waals surface area contributed by atoms with E-state index in [-0.39, 0.29) is 17.7 Å². The Labute approximate surface area is 127 Å². The first-order valence-corrected chi connectivity index (χ1v) is 6.53. The molecule has 1 atom stereocenters. The molecule has 0 aliphatic carbocycles. The fourth-order valence-electron chi connectivity index (χ4n) is 1.72. The molecule has 0 saturated carbocycles. The van der Waals surface area contributed by atoms with Gasteiger partial charge in [-0.25, -0.2) is 4.79 Å². The van der Waals surface area contributed by atoms with Crippen LogP contribution >= 0.6 is 0 Å². The average Bonchev–Trinajstić information content (AvgIpc) is 2.35. The van der Waals surface area contributed by atoms with E-state index in [0.717, 1.165) is 0 Å². The number of aliphatic carboxylic acids is 1. The third-order valence-corrected chi connectivity index (χ3v) is 2.59. The number of nitro benzene ring substituents is 1. The lowest BCUT2D eigenvalue weighted by atomic mass is 10.0. The summed E-state index contributed by atoms with van der Waals surface area (Å²) < 4.78 is 4.96. The minimum absolute atomic E-state index is 0.178. The van der Waals surface area contributed by atoms with Gasteiger partial charge < -0.3 is 20.0 Å². The Balaban J connectivity index is 2.88. The largest absolute Gasteiger partial charge is 0.548 e. The molecule has 22 heavy (non-hydrogen) atoms. The number of carbonyl (C=O) groups excluding carboxylic acids is 2. The fraction of sp³-hybridized carbons (Fsp3) is 0.429. The summed E-state index contributed by atoms with van der Waals surface area (Å²) in [5.41, 5.74) is -0.836. The maximum atomic E-state index is 11.6. The number of para-hydroxylation sites is 1. The highest BCUT2D eigenvalue weighted by atomic mass is 16.6. The molecular formula is C14H17N2O6-. The van der Waals surface area contributed by atoms with Crippen LogP contribution in [0.15, 0.2) is 24.3 Å². The van der Waals surface area contributed by atoms with E-state index < -0.39 is 28.6 Å². The Morgan fingerprint density at radius 2 is 1.91 bits per heavy atom. The van der Waals surface area contributed by atoms with Crippen molar-refractivity contribution in [1.82, 2.24) is 5.32 Å². The van der Waals surface area contributed by atoms with Gasteiger partial charge in [-0.1, -0.05) is 18.2 Å². The number of rotatable bonds is 5. The first-order chi connectivity index (χ1) is 10.1. The zero-order valence-electron chi connectivity index (χ0n) is 12.5. The molecule has 1 aromatic rings. The number of benzene rings is 1. The lowest BCUT2D eigenvalue weighted by Crippen LogP contribution is -2.50. The van der Waals surface area contributed by atoms with Gasteiger partial charge in [0, 0.05) is 18.1 Å². The second-order valence-electron chi connectivity index (χ2n) is 5.61. The second kappa shape index (κ2) is 6.88. The van der Waals surface area contributed by atoms with Crippen LogP contribution in [0, 0.1) is 10.1 Å². The first kappa shape index (κ1) is 17.4. The number of ether oxygens (including phenoxy) is 1. The molecule has 0 bridgehead atoms. The number of carboxylic acids is 1. The minimum atomic E-state index is -1.55. The summed E-state index contributed by atoms with van der Waals surface area (Å²) in [7, 11) is 0. The lowest BCUT2D eigenvalue weighted by molar-refractivity contribution is -0.385. The van der Waals surface area contributed by atoms with Gasteiger partial charge >= 0.3 is 6.09 Å². The van der Waals surface area contributed by atoms with Gasteiger partial charge in [-0.15, -0.1) is 0 Å². The number of hydrogen-bond donors (Lipinski definition) is 1. The molecule has 0 saturated heterocycles. The van der Waals surface area contributed by atoms with Crippen molar-refractivity contribution in [3.8, 4) is 0 Å². The molecule has 0 heterocycles. The number of carboxylic acid groups (broad SMARTS) is 1. The molecule has 0 spiro atoms. The van der Waals surface area contributed by atoms with Crippen LogP contribution in [-0.4, -0.2) is 28.6 Å². The second-order valence-corrected chi connectivity index (χ2v) is 5.61. The predicted octanol–water partition coefficient (Wildman–Crippen LogP) is 0.780. The van der Waals surface area contributed by atoms with Crippen molar-refractivity contribution in [2.75, 3.05) is 0 Å². The summed E-state index contributed by atoms with van der Waals surface area (Å²) in [5.74, 6) is -1.55. The zero-order valence-corrected chi connectivity index (χ0v) is 12.5. The summed E-state index contributed by atoms with van der Waals surface area (Å²) >= 11 is 0. The number of amides is 1. The van der Waals surface area contributed by atoms with Crippen molar-refractivity contribution in [1.29, 1.82) is 0 Å². The highest BCUT2D eigenvalue weighted by Gasteiger charge is 2.23. The van der Waals surface area contributed by atoms with Crippen LogP contribution in [-0.2, 0) is 16.0 Å². The predicted molar refractivity (Wildman–Crippen MR) is 75.0 cm³/mol. The van der Waals surface area contributed by atoms with Crippen LogP contribution in [0.4, 0.5) is 10.5 Å². The highest BCUT2D eigenvalue weighted by Crippen LogP contribution is 2.19. The fourth-order valence-corrected chi connectivity index (χ4v) is 1.72. The van der Waals surface area contributed by atoms with Crippen LogP contribution in [0.1, 0.15) is 26.3 Å². The third kappa shape index (κ3) is 5.39. The maximum Gasteiger partial charge on any atom is 0.408 e. The number of nitro groups is 1. The molecule has 1 aromatic carbocycles. The van der Waals surface area contributed by atoms with E-state index in [2.05, 4.69) is 5.32 Å². The van der Waals surface area contributed by atoms with E-state index in [9.17, 15) is 24.8 Å². The highest BCUT2D eigenvalue weighted by molar-refractivity contribution is 5.79. The van der Waals surface area contributed by atoms with Crippen molar-refractivity contribution < 1.29 is 24.4 Å². The molecule has 0 fully saturated rings. The normalized spacial score (nSPS) is 12.3. The molecule has 0 aliphatic heterocycles. The summed E-state index contributed by atoms with van der Waals surface area (Å²) in [5, 5.41) is 24.2. The summed E-state index contributed by atoms with van der Waals surface area (Å²) in [6, 6.07) is 4.26. The molecule has 1 N–H and O–H groups in total. The number of hydrogen-bond acceptors (Lipinski definition) is 6. The van der Waals surface area contributed by atoms with Crippen molar-refractivity contribution in [3.05, 3.63) is 39.9 Å². The molecule has 1 amide bonds. The van der Waals surface area contributed by atoms with Crippen molar-refractivity contribution in [3.63, 3.8) is 0 Å². The SMILES string of the molecule is CC(C)(C)OC(=O)N[C@@H](Cc1ccccc1[N+](=O)[O-])C(=O)[O-]. The summed E-state index contributed by atoms with van der Waals surface area (Å²) in [4.78, 5) is 33.1. The van der Waals surface area contributed by atoms with Gasteiger partial charge in [0.2, 0.25) is 0 Å². The van der Waals surface area contributed by atoms with Crippen molar-refractivity contribution in [2.45, 2.75) is 38.8 Å². The quantitative estimate of drug-likeness (QED) is 0.633. The molecule has 0 unspecified atom stereocenters. The zero-order chi connectivity index (χ0) is 16.9. The topological polar surface area (TPSA) is 122 Å². The average molecular weight is 309 g/mol. The van der Waals surface area contributed by atoms with Crippen LogP contribution in [0.3, 0.4) is 0 Å². The van der Waals surface area contributed by atoms with Gasteiger partial charge in [0.25, 0.3) is 5.69 Å². The number of carbonyl (C=O) groups is 2. The van der Waals surface area contributed by atoms with Crippen LogP contribution in [0.25, 0.3) is 0 Å². The van der Waals surface area contributed by atoms with Gasteiger partial charge in [0.15, 0.2) is 0 Å². The minimum Gasteiger partial charge on any atom is -0.548 e. The first-order valence-electron chi connectivity index (χ1n) is 6.53. The van der Waals surface area contributed by atoms with Crippen molar-refractivity contribution >= 4 is 17.7 Å². The monoisotopic (exact) mass is 309 g/mol. The number of alkyl carbamates (subject to hydrolysis) is 1. The Morgan fingerprint density at radius 1 is 1.32 bits per heavy atom. The van der Waals surface area contributed by atoms with Gasteiger partial charge in [-0.2, -0.15) is 0 Å². The van der Waals surface area contributed by atoms with Crippen LogP contribution < -0.4 is 10.4 Å². The summed E-state index contributed by atoms with van der Waals surface area (Å²) in [6.45, 7) is 4.88. The molecule has 0 radical (unpaired) electrons. The standard InChI is InChI=1S/C14H18N2O6/c1-14(2,3)22-13(19)15-10(12(17)18)8-9-6-4-5-7-11(9)16(20)21/h4-7,10H,8H2,1-3H3,(H,15,19)(H,17,18)/p-1/t10-/m0/s1. The number of nitrogens with zero attached hydrogens (tertiary/aromatic N) is 1. The van der Waals surface area contributed by atoms with E-state index in [4.69, 9.17) is 4.74 Å². The molecule has 1 rings (SSSR count). The van der Waals surface area contributed by atoms with Gasteiger partial charge in [-0.05, 0) is 20.8 Å². The van der Waals surface area contributed by atoms with Crippen LogP contribution in [0.5, 0.6) is 0 Å². The van der Waals surface area contributed by atoms with Gasteiger partial charge in [0.05, 0.1) is 16.9 Å². The Kier molecular flexibility index (Phi) is 5.44. The molecular weight excluding hydrogens is 292 g/mol. The molecule has 120 valence electrons. The lowest BCUT2D eigenvalue weighted by Gasteiger charge is -2.24. The smallest absolute Gasteiger partial charge is 0.408 e. The molecule has 8 heteroatoms. The van der Waals surface area contributed by atoms with E-state index in [1.54, 1.807) is 26.8 Å². The molecule has 0 aliphatic rings. The Bertz CT molecular complexity index is 579. The van der Waals surface area contributed by atoms with Crippen molar-refractivity contribution in [2.24, 2.45) is 0 Å². The van der Waals surface area contributed by atoms with Gasteiger partial charge in [0.1, 0.15) is 5.60 Å². The Morgan fingerprint density at radius 3 is 2.41 bits per heavy atom. The van der Waals surface area contributed by atoms with E-state index in [1.165, 1.54) is 18.2 Å². The summed E-state index contributed by atoms with van der Waals surface area (Å²) in [6.07, 6.45) is -1.21. The Hall–Kier alpha value is -2.64. The van der Waals surface area contributed by atoms with Crippen LogP contribution in [0.2, 0.25) is 0 Å². The maximum absolute atomic E-state index is 11.6. The van der Waals surface area contributed by atoms with Gasteiger partial charge in [-0.3, -0.25) is 10.1 Å². The third-order valence-electron chi connectivity index (χ3n) is 2.59. The number of nitrogens with one attached hydrogen (secondary N) is 1. The van der Waals surface area contributed by atoms with E-state index in [1.807, 2.05) is 0 Å². The van der Waals surface area contributed by atoms with E-state index in [0.29, 0.717) is 0 Å². The van der Waals surface area contributed by atoms with E-state index >= 15 is 0 Å². The molecule has 8 nitrogen and oxygen atoms in total.